The molecule has 3 aromatic carbocycles. The first kappa shape index (κ1) is 23.9. The zero-order chi connectivity index (χ0) is 23.8. The van der Waals surface area contributed by atoms with Crippen LogP contribution in [-0.4, -0.2) is 24.5 Å². The van der Waals surface area contributed by atoms with E-state index >= 15 is 0 Å². The van der Waals surface area contributed by atoms with Crippen LogP contribution in [0, 0.1) is 20.8 Å². The monoisotopic (exact) mass is 525 g/mol. The number of hydrogen-bond donors (Lipinski definition) is 0. The smallest absolute Gasteiger partial charge is 0.244 e. The Kier molecular flexibility index (Phi) is 6.89. The van der Waals surface area contributed by atoms with E-state index in [4.69, 9.17) is 0 Å². The molecule has 1 aliphatic heterocycles. The Bertz CT molecular complexity index is 1280. The van der Waals surface area contributed by atoms with E-state index in [-0.39, 0.29) is 12.3 Å². The molecule has 1 atom stereocenters. The van der Waals surface area contributed by atoms with Crippen LogP contribution in [0.3, 0.4) is 0 Å². The van der Waals surface area contributed by atoms with Crippen LogP contribution in [0.5, 0.6) is 0 Å². The SMILES string of the molecule is Cc1cc(C)c(S(=O)(=O)N2Cc3ccccc3CC2C(=O)CCc2ccc(Br)cc2)c(C)c1. The van der Waals surface area contributed by atoms with Crippen molar-refractivity contribution < 1.29 is 13.2 Å². The maximum absolute atomic E-state index is 13.9. The normalized spacial score (nSPS) is 16.4. The molecule has 0 spiro atoms. The summed E-state index contributed by atoms with van der Waals surface area (Å²) in [6.07, 6.45) is 1.28. The summed E-state index contributed by atoms with van der Waals surface area (Å²) in [5, 5.41) is 0. The van der Waals surface area contributed by atoms with Gasteiger partial charge in [-0.15, -0.1) is 0 Å². The van der Waals surface area contributed by atoms with Crippen LogP contribution < -0.4 is 0 Å². The number of rotatable bonds is 6. The highest BCUT2D eigenvalue weighted by Gasteiger charge is 2.40. The molecule has 0 N–H and O–H groups in total. The number of fused-ring (bicyclic) bond motifs is 1. The summed E-state index contributed by atoms with van der Waals surface area (Å²) in [6.45, 7) is 5.83. The summed E-state index contributed by atoms with van der Waals surface area (Å²) >= 11 is 3.43. The number of halogens is 1. The average molecular weight is 526 g/mol. The molecule has 6 heteroatoms. The van der Waals surface area contributed by atoms with Gasteiger partial charge in [-0.1, -0.05) is 70.0 Å². The summed E-state index contributed by atoms with van der Waals surface area (Å²) < 4.78 is 30.3. The van der Waals surface area contributed by atoms with Crippen LogP contribution in [0.4, 0.5) is 0 Å². The molecule has 0 saturated heterocycles. The molecular formula is C27H28BrNO3S. The van der Waals surface area contributed by atoms with Gasteiger partial charge >= 0.3 is 0 Å². The summed E-state index contributed by atoms with van der Waals surface area (Å²) in [4.78, 5) is 13.8. The third-order valence-electron chi connectivity index (χ3n) is 6.32. The number of carbonyl (C=O) groups is 1. The van der Waals surface area contributed by atoms with Gasteiger partial charge < -0.3 is 0 Å². The van der Waals surface area contributed by atoms with E-state index in [1.54, 1.807) is 0 Å². The fourth-order valence-electron chi connectivity index (χ4n) is 4.80. The Labute approximate surface area is 204 Å². The first-order valence-electron chi connectivity index (χ1n) is 11.1. The lowest BCUT2D eigenvalue weighted by Crippen LogP contribution is -2.48. The molecule has 0 amide bonds. The fraction of sp³-hybridized carbons (Fsp3) is 0.296. The van der Waals surface area contributed by atoms with Gasteiger partial charge in [-0.05, 0) is 73.6 Å². The predicted octanol–water partition coefficient (Wildman–Crippen LogP) is 5.69. The second-order valence-electron chi connectivity index (χ2n) is 8.86. The molecule has 1 unspecified atom stereocenters. The number of carbonyl (C=O) groups excluding carboxylic acids is 1. The zero-order valence-electron chi connectivity index (χ0n) is 19.1. The van der Waals surface area contributed by atoms with Gasteiger partial charge in [0.1, 0.15) is 0 Å². The van der Waals surface area contributed by atoms with Gasteiger partial charge in [-0.25, -0.2) is 8.42 Å². The van der Waals surface area contributed by atoms with Crippen LogP contribution >= 0.6 is 15.9 Å². The molecule has 0 fully saturated rings. The van der Waals surface area contributed by atoms with E-state index in [1.807, 2.05) is 81.4 Å². The molecule has 0 radical (unpaired) electrons. The Morgan fingerprint density at radius 1 is 0.970 bits per heavy atom. The standard InChI is InChI=1S/C27H28BrNO3S/c1-18-14-19(2)27(20(3)15-18)33(31,32)29-17-23-7-5-4-6-22(23)16-25(29)26(30)13-10-21-8-11-24(28)12-9-21/h4-9,11-12,14-15,25H,10,13,16-17H2,1-3H3. The van der Waals surface area contributed by atoms with Gasteiger partial charge in [0.2, 0.25) is 10.0 Å². The fourth-order valence-corrected chi connectivity index (χ4v) is 7.07. The van der Waals surface area contributed by atoms with Crippen molar-refractivity contribution in [2.24, 2.45) is 0 Å². The summed E-state index contributed by atoms with van der Waals surface area (Å²) in [7, 11) is -3.86. The van der Waals surface area contributed by atoms with Crippen LogP contribution in [0.25, 0.3) is 0 Å². The van der Waals surface area contributed by atoms with Crippen molar-refractivity contribution in [3.05, 3.63) is 98.5 Å². The molecule has 0 aliphatic carbocycles. The molecular weight excluding hydrogens is 498 g/mol. The van der Waals surface area contributed by atoms with Gasteiger partial charge in [0.25, 0.3) is 0 Å². The average Bonchev–Trinajstić information content (AvgIpc) is 2.76. The van der Waals surface area contributed by atoms with E-state index in [1.165, 1.54) is 4.31 Å². The van der Waals surface area contributed by atoms with Gasteiger partial charge in [0.15, 0.2) is 5.78 Å². The van der Waals surface area contributed by atoms with Gasteiger partial charge in [-0.3, -0.25) is 4.79 Å². The molecule has 33 heavy (non-hydrogen) atoms. The first-order chi connectivity index (χ1) is 15.7. The maximum atomic E-state index is 13.9. The molecule has 1 heterocycles. The lowest BCUT2D eigenvalue weighted by molar-refractivity contribution is -0.123. The first-order valence-corrected chi connectivity index (χ1v) is 13.3. The van der Waals surface area contributed by atoms with Crippen molar-refractivity contribution >= 4 is 31.7 Å². The maximum Gasteiger partial charge on any atom is 0.244 e. The number of Topliss-reactive ketones (excluding diaryl/α,β-unsaturated/α-hetero) is 1. The summed E-state index contributed by atoms with van der Waals surface area (Å²) in [6, 6.07) is 18.8. The zero-order valence-corrected chi connectivity index (χ0v) is 21.5. The molecule has 172 valence electrons. The highest BCUT2D eigenvalue weighted by molar-refractivity contribution is 9.10. The number of aryl methyl sites for hydroxylation is 4. The van der Waals surface area contributed by atoms with E-state index in [0.717, 1.165) is 26.7 Å². The number of ketones is 1. The minimum absolute atomic E-state index is 0.0431. The quantitative estimate of drug-likeness (QED) is 0.415. The number of nitrogens with zero attached hydrogens (tertiary/aromatic N) is 1. The highest BCUT2D eigenvalue weighted by Crippen LogP contribution is 2.33. The molecule has 0 saturated carbocycles. The minimum atomic E-state index is -3.86. The summed E-state index contributed by atoms with van der Waals surface area (Å²) in [5.41, 5.74) is 5.51. The van der Waals surface area contributed by atoms with Gasteiger partial charge in [0.05, 0.1) is 10.9 Å². The van der Waals surface area contributed by atoms with E-state index in [0.29, 0.717) is 35.3 Å². The lowest BCUT2D eigenvalue weighted by atomic mass is 9.91. The van der Waals surface area contributed by atoms with Gasteiger partial charge in [-0.2, -0.15) is 4.31 Å². The number of sulfonamides is 1. The summed E-state index contributed by atoms with van der Waals surface area (Å²) in [5.74, 6) is -0.0431. The molecule has 0 aromatic heterocycles. The minimum Gasteiger partial charge on any atom is -0.298 e. The third-order valence-corrected chi connectivity index (χ3v) is 9.01. The van der Waals surface area contributed by atoms with Crippen LogP contribution in [0.15, 0.2) is 70.0 Å². The second-order valence-corrected chi connectivity index (χ2v) is 11.6. The number of benzene rings is 3. The van der Waals surface area contributed by atoms with Crippen LogP contribution in [0.1, 0.15) is 39.8 Å². The van der Waals surface area contributed by atoms with Crippen LogP contribution in [-0.2, 0) is 34.2 Å². The second kappa shape index (κ2) is 9.53. The Hall–Kier alpha value is -2.28. The van der Waals surface area contributed by atoms with Crippen molar-refractivity contribution in [2.75, 3.05) is 0 Å². The molecule has 4 rings (SSSR count). The molecule has 1 aliphatic rings. The van der Waals surface area contributed by atoms with E-state index < -0.39 is 16.1 Å². The van der Waals surface area contributed by atoms with E-state index in [2.05, 4.69) is 15.9 Å². The topological polar surface area (TPSA) is 54.5 Å². The van der Waals surface area contributed by atoms with Gasteiger partial charge in [0, 0.05) is 17.4 Å². The van der Waals surface area contributed by atoms with Crippen molar-refractivity contribution in [1.29, 1.82) is 0 Å². The highest BCUT2D eigenvalue weighted by atomic mass is 79.9. The Balaban J connectivity index is 1.69. The van der Waals surface area contributed by atoms with Crippen molar-refractivity contribution in [3.8, 4) is 0 Å². The van der Waals surface area contributed by atoms with Crippen molar-refractivity contribution in [3.63, 3.8) is 0 Å². The molecule has 0 bridgehead atoms. The van der Waals surface area contributed by atoms with E-state index in [9.17, 15) is 13.2 Å². The Morgan fingerprint density at radius 3 is 2.21 bits per heavy atom. The predicted molar refractivity (Wildman–Crippen MR) is 135 cm³/mol. The molecule has 4 nitrogen and oxygen atoms in total. The van der Waals surface area contributed by atoms with Crippen molar-refractivity contribution in [1.82, 2.24) is 4.31 Å². The van der Waals surface area contributed by atoms with Crippen molar-refractivity contribution in [2.45, 2.75) is 57.5 Å². The molecule has 3 aromatic rings. The lowest BCUT2D eigenvalue weighted by Gasteiger charge is -2.36. The van der Waals surface area contributed by atoms with Crippen LogP contribution in [0.2, 0.25) is 0 Å². The number of hydrogen-bond acceptors (Lipinski definition) is 3. The largest absolute Gasteiger partial charge is 0.298 e. The Morgan fingerprint density at radius 2 is 1.58 bits per heavy atom. The third kappa shape index (κ3) is 4.98.